The second-order valence-electron chi connectivity index (χ2n) is 10.4. The molecule has 31 heavy (non-hydrogen) atoms. The Bertz CT molecular complexity index is 690. The number of rotatable bonds is 13. The molecule has 0 spiro atoms. The molecule has 2 saturated carbocycles. The fourth-order valence-electron chi connectivity index (χ4n) is 5.16. The molecule has 2 aliphatic carbocycles. The van der Waals surface area contributed by atoms with Crippen molar-refractivity contribution in [1.29, 1.82) is 0 Å². The molecular formula is C29H46OS. The number of hydrogen-bond donors (Lipinski definition) is 0. The molecule has 0 N–H and O–H groups in total. The fourth-order valence-corrected chi connectivity index (χ4v) is 5.45. The molecule has 3 atom stereocenters. The van der Waals surface area contributed by atoms with Gasteiger partial charge in [-0.3, -0.25) is 0 Å². The van der Waals surface area contributed by atoms with Crippen molar-refractivity contribution >= 4 is 17.3 Å². The van der Waals surface area contributed by atoms with Crippen LogP contribution in [0.25, 0.3) is 0 Å². The van der Waals surface area contributed by atoms with Crippen molar-refractivity contribution < 1.29 is 4.74 Å². The monoisotopic (exact) mass is 442 g/mol. The third-order valence-electron chi connectivity index (χ3n) is 7.14. The molecule has 2 fully saturated rings. The van der Waals surface area contributed by atoms with E-state index in [9.17, 15) is 0 Å². The lowest BCUT2D eigenvalue weighted by atomic mass is 9.87. The topological polar surface area (TPSA) is 9.23 Å². The van der Waals surface area contributed by atoms with Crippen LogP contribution in [0, 0.1) is 17.8 Å². The first-order valence-corrected chi connectivity index (χ1v) is 13.0. The number of thiocarbonyl (C=S) groups is 1. The van der Waals surface area contributed by atoms with E-state index in [1.807, 2.05) is 0 Å². The maximum Gasteiger partial charge on any atom is 0.160 e. The smallest absolute Gasteiger partial charge is 0.160 e. The summed E-state index contributed by atoms with van der Waals surface area (Å²) in [6, 6.07) is 0. The van der Waals surface area contributed by atoms with Crippen LogP contribution in [0.5, 0.6) is 0 Å². The van der Waals surface area contributed by atoms with Gasteiger partial charge in [0.25, 0.3) is 0 Å². The molecule has 1 nitrogen and oxygen atoms in total. The Morgan fingerprint density at radius 2 is 1.35 bits per heavy atom. The normalized spacial score (nSPS) is 23.9. The lowest BCUT2D eigenvalue weighted by Crippen LogP contribution is -2.16. The summed E-state index contributed by atoms with van der Waals surface area (Å²) < 4.78 is 5.86. The highest BCUT2D eigenvalue weighted by atomic mass is 32.1. The molecule has 0 amide bonds. The summed E-state index contributed by atoms with van der Waals surface area (Å²) in [5.41, 5.74) is 5.84. The van der Waals surface area contributed by atoms with E-state index in [4.69, 9.17) is 17.0 Å². The molecule has 0 heterocycles. The SMILES string of the molecule is CC(C)=CCC/C(C)=C/CC/C(C)=C/CC/C(C)=C/COC(=S)CC1CC2CCC1C2. The zero-order valence-electron chi connectivity index (χ0n) is 20.8. The van der Waals surface area contributed by atoms with Gasteiger partial charge in [0.1, 0.15) is 6.61 Å². The van der Waals surface area contributed by atoms with Gasteiger partial charge >= 0.3 is 0 Å². The van der Waals surface area contributed by atoms with Crippen molar-refractivity contribution in [3.63, 3.8) is 0 Å². The van der Waals surface area contributed by atoms with Crippen LogP contribution in [0.2, 0.25) is 0 Å². The minimum Gasteiger partial charge on any atom is -0.483 e. The quantitative estimate of drug-likeness (QED) is 0.207. The summed E-state index contributed by atoms with van der Waals surface area (Å²) >= 11 is 5.50. The summed E-state index contributed by atoms with van der Waals surface area (Å²) in [4.78, 5) is 0. The molecule has 0 radical (unpaired) electrons. The highest BCUT2D eigenvalue weighted by Crippen LogP contribution is 2.49. The molecular weight excluding hydrogens is 396 g/mol. The third kappa shape index (κ3) is 10.8. The second kappa shape index (κ2) is 14.1. The first kappa shape index (κ1) is 26.1. The van der Waals surface area contributed by atoms with Crippen LogP contribution in [0.1, 0.15) is 105 Å². The van der Waals surface area contributed by atoms with Crippen molar-refractivity contribution in [3.05, 3.63) is 46.6 Å². The minimum absolute atomic E-state index is 0.644. The Morgan fingerprint density at radius 1 is 0.774 bits per heavy atom. The average molecular weight is 443 g/mol. The molecule has 2 heteroatoms. The van der Waals surface area contributed by atoms with Crippen LogP contribution in [-0.2, 0) is 4.74 Å². The van der Waals surface area contributed by atoms with Gasteiger partial charge in [0, 0.05) is 6.42 Å². The molecule has 2 aliphatic rings. The lowest BCUT2D eigenvalue weighted by Gasteiger charge is -2.21. The maximum absolute atomic E-state index is 5.86. The fraction of sp³-hybridized carbons (Fsp3) is 0.690. The van der Waals surface area contributed by atoms with Crippen molar-refractivity contribution in [1.82, 2.24) is 0 Å². The largest absolute Gasteiger partial charge is 0.483 e. The van der Waals surface area contributed by atoms with Gasteiger partial charge in [0.05, 0.1) is 0 Å². The second-order valence-corrected chi connectivity index (χ2v) is 10.8. The Hall–Kier alpha value is -1.15. The first-order valence-electron chi connectivity index (χ1n) is 12.6. The molecule has 0 aliphatic heterocycles. The van der Waals surface area contributed by atoms with Crippen molar-refractivity contribution in [2.24, 2.45) is 17.8 Å². The van der Waals surface area contributed by atoms with Crippen LogP contribution >= 0.6 is 12.2 Å². The number of ether oxygens (including phenoxy) is 1. The van der Waals surface area contributed by atoms with Crippen LogP contribution in [0.15, 0.2) is 46.6 Å². The van der Waals surface area contributed by atoms with Gasteiger partial charge in [0.2, 0.25) is 0 Å². The Balaban J connectivity index is 1.55. The molecule has 2 rings (SSSR count). The minimum atomic E-state index is 0.644. The lowest BCUT2D eigenvalue weighted by molar-refractivity contribution is 0.299. The number of hydrogen-bond acceptors (Lipinski definition) is 2. The first-order chi connectivity index (χ1) is 14.8. The zero-order valence-corrected chi connectivity index (χ0v) is 21.7. The van der Waals surface area contributed by atoms with Crippen LogP contribution < -0.4 is 0 Å². The Kier molecular flexibility index (Phi) is 11.9. The zero-order chi connectivity index (χ0) is 22.6. The van der Waals surface area contributed by atoms with Crippen molar-refractivity contribution in [2.45, 2.75) is 105 Å². The summed E-state index contributed by atoms with van der Waals surface area (Å²) in [5.74, 6) is 2.73. The molecule has 0 saturated heterocycles. The number of fused-ring (bicyclic) bond motifs is 2. The summed E-state index contributed by atoms with van der Waals surface area (Å²) in [6.07, 6.45) is 23.0. The molecule has 2 bridgehead atoms. The molecule has 0 aromatic carbocycles. The van der Waals surface area contributed by atoms with E-state index in [0.717, 1.165) is 48.5 Å². The van der Waals surface area contributed by atoms with Gasteiger partial charge < -0.3 is 4.74 Å². The maximum atomic E-state index is 5.86. The van der Waals surface area contributed by atoms with Gasteiger partial charge in [-0.05, 0) is 128 Å². The van der Waals surface area contributed by atoms with Crippen molar-refractivity contribution in [3.8, 4) is 0 Å². The van der Waals surface area contributed by atoms with Gasteiger partial charge in [-0.25, -0.2) is 0 Å². The third-order valence-corrected chi connectivity index (χ3v) is 7.43. The Morgan fingerprint density at radius 3 is 1.87 bits per heavy atom. The van der Waals surface area contributed by atoms with Gasteiger partial charge in [-0.2, -0.15) is 0 Å². The van der Waals surface area contributed by atoms with Gasteiger partial charge in [0.15, 0.2) is 5.05 Å². The predicted molar refractivity (Wildman–Crippen MR) is 141 cm³/mol. The standard InChI is InChI=1S/C29H46OS/c1-22(2)9-6-10-23(3)11-7-12-24(4)13-8-14-25(5)17-18-30-29(31)21-28-20-26-15-16-27(28)19-26/h9,11,13,17,26-28H,6-8,10,12,14-16,18-21H2,1-5H3/b23-11+,24-13+,25-17+. The highest BCUT2D eigenvalue weighted by Gasteiger charge is 2.39. The van der Waals surface area contributed by atoms with Crippen LogP contribution in [-0.4, -0.2) is 11.7 Å². The molecule has 3 unspecified atom stereocenters. The van der Waals surface area contributed by atoms with E-state index in [1.54, 1.807) is 0 Å². The number of allylic oxidation sites excluding steroid dienone is 7. The van der Waals surface area contributed by atoms with E-state index < -0.39 is 0 Å². The molecule has 0 aromatic heterocycles. The average Bonchev–Trinajstić information content (AvgIpc) is 3.30. The van der Waals surface area contributed by atoms with E-state index in [-0.39, 0.29) is 0 Å². The summed E-state index contributed by atoms with van der Waals surface area (Å²) in [6.45, 7) is 11.7. The summed E-state index contributed by atoms with van der Waals surface area (Å²) in [7, 11) is 0. The highest BCUT2D eigenvalue weighted by molar-refractivity contribution is 7.80. The van der Waals surface area contributed by atoms with E-state index in [2.05, 4.69) is 58.9 Å². The molecule has 0 aromatic rings. The summed E-state index contributed by atoms with van der Waals surface area (Å²) in [5, 5.41) is 0.835. The van der Waals surface area contributed by atoms with Gasteiger partial charge in [-0.15, -0.1) is 0 Å². The van der Waals surface area contributed by atoms with Crippen LogP contribution in [0.3, 0.4) is 0 Å². The predicted octanol–water partition coefficient (Wildman–Crippen LogP) is 9.30. The van der Waals surface area contributed by atoms with E-state index in [0.29, 0.717) is 6.61 Å². The van der Waals surface area contributed by atoms with Crippen LogP contribution in [0.4, 0.5) is 0 Å². The van der Waals surface area contributed by atoms with Crippen molar-refractivity contribution in [2.75, 3.05) is 6.61 Å². The van der Waals surface area contributed by atoms with Gasteiger partial charge in [-0.1, -0.05) is 46.9 Å². The van der Waals surface area contributed by atoms with E-state index in [1.165, 1.54) is 67.2 Å². The van der Waals surface area contributed by atoms with E-state index >= 15 is 0 Å². The molecule has 174 valence electrons. The Labute approximate surface area is 198 Å².